The monoisotopic (exact) mass is 276 g/mol. The van der Waals surface area contributed by atoms with Gasteiger partial charge < -0.3 is 25.9 Å². The number of anilines is 1. The molecule has 2 aromatic rings. The maximum absolute atomic E-state index is 11.7. The van der Waals surface area contributed by atoms with Crippen molar-refractivity contribution in [1.29, 1.82) is 0 Å². The van der Waals surface area contributed by atoms with E-state index < -0.39 is 11.8 Å². The molecule has 0 amide bonds. The number of nitrogens with one attached hydrogen (secondary N) is 2. The van der Waals surface area contributed by atoms with E-state index in [1.807, 2.05) is 0 Å². The summed E-state index contributed by atoms with van der Waals surface area (Å²) in [5.41, 5.74) is 5.69. The van der Waals surface area contributed by atoms with Crippen molar-refractivity contribution in [2.75, 3.05) is 12.4 Å². The van der Waals surface area contributed by atoms with Gasteiger partial charge in [-0.15, -0.1) is 0 Å². The van der Waals surface area contributed by atoms with Gasteiger partial charge in [0.25, 0.3) is 5.78 Å². The largest absolute Gasteiger partial charge is 0.494 e. The minimum absolute atomic E-state index is 0.00604. The molecule has 0 radical (unpaired) electrons. The molecule has 0 fully saturated rings. The molecular weight excluding hydrogens is 264 g/mol. The lowest BCUT2D eigenvalue weighted by atomic mass is 10.1. The molecule has 104 valence electrons. The van der Waals surface area contributed by atoms with Gasteiger partial charge in [-0.25, -0.2) is 9.78 Å². The molecule has 8 nitrogen and oxygen atoms in total. The summed E-state index contributed by atoms with van der Waals surface area (Å²) in [6.07, 6.45) is 5.43. The van der Waals surface area contributed by atoms with Crippen LogP contribution in [0.4, 0.5) is 5.82 Å². The first kappa shape index (κ1) is 13.4. The van der Waals surface area contributed by atoms with Crippen LogP contribution in [0, 0.1) is 0 Å². The fourth-order valence-corrected chi connectivity index (χ4v) is 1.80. The van der Waals surface area contributed by atoms with Crippen molar-refractivity contribution in [1.82, 2.24) is 9.97 Å². The van der Waals surface area contributed by atoms with Crippen LogP contribution >= 0.6 is 0 Å². The van der Waals surface area contributed by atoms with E-state index in [2.05, 4.69) is 15.3 Å². The number of H-pyrrole nitrogens is 1. The number of methoxy groups -OCH3 is 1. The summed E-state index contributed by atoms with van der Waals surface area (Å²) < 4.78 is 5.12. The van der Waals surface area contributed by atoms with E-state index in [9.17, 15) is 9.59 Å². The molecule has 0 bridgehead atoms. The number of Topliss-reactive ketones (excluding diaryl/α,β-unsaturated/α-hetero) is 1. The van der Waals surface area contributed by atoms with Crippen molar-refractivity contribution >= 4 is 28.5 Å². The van der Waals surface area contributed by atoms with E-state index in [1.54, 1.807) is 0 Å². The molecule has 2 heterocycles. The van der Waals surface area contributed by atoms with E-state index in [1.165, 1.54) is 31.9 Å². The minimum atomic E-state index is -1.54. The Morgan fingerprint density at radius 1 is 1.55 bits per heavy atom. The van der Waals surface area contributed by atoms with Gasteiger partial charge >= 0.3 is 5.97 Å². The minimum Gasteiger partial charge on any atom is -0.494 e. The Bertz CT molecular complexity index is 705. The molecule has 0 aromatic carbocycles. The van der Waals surface area contributed by atoms with Crippen LogP contribution in [-0.2, 0) is 4.79 Å². The van der Waals surface area contributed by atoms with Gasteiger partial charge in [0.1, 0.15) is 5.75 Å². The zero-order valence-electron chi connectivity index (χ0n) is 10.5. The van der Waals surface area contributed by atoms with Crippen LogP contribution in [0.25, 0.3) is 10.9 Å². The molecule has 0 aliphatic carbocycles. The lowest BCUT2D eigenvalue weighted by Gasteiger charge is -2.06. The summed E-state index contributed by atoms with van der Waals surface area (Å²) in [6.45, 7) is 0. The maximum atomic E-state index is 11.7. The highest BCUT2D eigenvalue weighted by atomic mass is 16.5. The summed E-state index contributed by atoms with van der Waals surface area (Å²) >= 11 is 0. The third-order valence-corrected chi connectivity index (χ3v) is 2.65. The summed E-state index contributed by atoms with van der Waals surface area (Å²) in [6, 6.07) is 0. The molecule has 0 saturated heterocycles. The molecule has 20 heavy (non-hydrogen) atoms. The summed E-state index contributed by atoms with van der Waals surface area (Å²) in [7, 11) is 1.41. The second-order valence-corrected chi connectivity index (χ2v) is 3.77. The fourth-order valence-electron chi connectivity index (χ4n) is 1.80. The van der Waals surface area contributed by atoms with Crippen molar-refractivity contribution in [3.05, 3.63) is 30.4 Å². The van der Waals surface area contributed by atoms with Crippen molar-refractivity contribution in [3.8, 4) is 5.75 Å². The number of carboxylic acid groups (broad SMARTS) is 1. The quantitative estimate of drug-likeness (QED) is 0.466. The van der Waals surface area contributed by atoms with Crippen LogP contribution < -0.4 is 15.8 Å². The fraction of sp³-hybridized carbons (Fsp3) is 0.0833. The van der Waals surface area contributed by atoms with Crippen LogP contribution in [0.1, 0.15) is 10.4 Å². The average molecular weight is 276 g/mol. The molecule has 0 saturated carbocycles. The Balaban J connectivity index is 2.68. The van der Waals surface area contributed by atoms with Gasteiger partial charge in [-0.1, -0.05) is 0 Å². The third-order valence-electron chi connectivity index (χ3n) is 2.65. The van der Waals surface area contributed by atoms with E-state index in [0.717, 1.165) is 0 Å². The van der Waals surface area contributed by atoms with Gasteiger partial charge in [0.2, 0.25) is 0 Å². The second-order valence-electron chi connectivity index (χ2n) is 3.77. The van der Waals surface area contributed by atoms with Gasteiger partial charge in [-0.05, 0) is 0 Å². The predicted octanol–water partition coefficient (Wildman–Crippen LogP) is 0.681. The standard InChI is InChI=1S/C12H12N4O4/c1-20-7-5-16-11(14-3-2-13)9-8(7)6(4-15-9)10(17)12(18)19/h2-5,15H,13H2,1H3,(H,14,16)(H,18,19)/b3-2-. The van der Waals surface area contributed by atoms with Crippen LogP contribution in [0.3, 0.4) is 0 Å². The molecule has 0 atom stereocenters. The molecule has 8 heteroatoms. The number of aromatic amines is 1. The SMILES string of the molecule is COc1cnc(N/C=C\N)c2[nH]cc(C(=O)C(=O)O)c12. The summed E-state index contributed by atoms with van der Waals surface area (Å²) in [5.74, 6) is -1.87. The van der Waals surface area contributed by atoms with Gasteiger partial charge in [0.15, 0.2) is 5.82 Å². The van der Waals surface area contributed by atoms with Crippen LogP contribution in [0.15, 0.2) is 24.8 Å². The smallest absolute Gasteiger partial charge is 0.377 e. The van der Waals surface area contributed by atoms with Crippen molar-refractivity contribution in [3.63, 3.8) is 0 Å². The van der Waals surface area contributed by atoms with E-state index in [-0.39, 0.29) is 5.56 Å². The highest BCUT2D eigenvalue weighted by Gasteiger charge is 2.23. The van der Waals surface area contributed by atoms with Crippen molar-refractivity contribution < 1.29 is 19.4 Å². The zero-order chi connectivity index (χ0) is 14.7. The number of hydrogen-bond acceptors (Lipinski definition) is 6. The molecule has 2 rings (SSSR count). The third kappa shape index (κ3) is 2.14. The number of aliphatic carboxylic acids is 1. The lowest BCUT2D eigenvalue weighted by Crippen LogP contribution is -2.12. The number of nitrogens with zero attached hydrogens (tertiary/aromatic N) is 1. The number of carbonyl (C=O) groups excluding carboxylic acids is 1. The Morgan fingerprint density at radius 2 is 2.30 bits per heavy atom. The molecule has 2 aromatic heterocycles. The number of rotatable bonds is 5. The van der Waals surface area contributed by atoms with Crippen LogP contribution in [-0.4, -0.2) is 33.9 Å². The predicted molar refractivity (Wildman–Crippen MR) is 71.6 cm³/mol. The molecule has 0 aliphatic heterocycles. The molecular formula is C12H12N4O4. The van der Waals surface area contributed by atoms with Crippen LogP contribution in [0.2, 0.25) is 0 Å². The maximum Gasteiger partial charge on any atom is 0.377 e. The molecule has 5 N–H and O–H groups in total. The number of ketones is 1. The van der Waals surface area contributed by atoms with Gasteiger partial charge in [-0.2, -0.15) is 0 Å². The van der Waals surface area contributed by atoms with Crippen molar-refractivity contribution in [2.24, 2.45) is 5.73 Å². The molecule has 0 aliphatic rings. The van der Waals surface area contributed by atoms with E-state index >= 15 is 0 Å². The highest BCUT2D eigenvalue weighted by Crippen LogP contribution is 2.32. The Morgan fingerprint density at radius 3 is 2.90 bits per heavy atom. The molecule has 0 spiro atoms. The number of pyridine rings is 1. The zero-order valence-corrected chi connectivity index (χ0v) is 10.5. The lowest BCUT2D eigenvalue weighted by molar-refractivity contribution is -0.131. The highest BCUT2D eigenvalue weighted by molar-refractivity contribution is 6.42. The number of fused-ring (bicyclic) bond motifs is 1. The first-order valence-corrected chi connectivity index (χ1v) is 5.55. The number of hydrogen-bond donors (Lipinski definition) is 4. The second kappa shape index (κ2) is 5.31. The first-order valence-electron chi connectivity index (χ1n) is 5.55. The number of nitrogens with two attached hydrogens (primary N) is 1. The Hall–Kier alpha value is -3.03. The van der Waals surface area contributed by atoms with Gasteiger partial charge in [0.05, 0.1) is 29.8 Å². The number of ether oxygens (including phenoxy) is 1. The van der Waals surface area contributed by atoms with Crippen LogP contribution in [0.5, 0.6) is 5.75 Å². The Labute approximate surface area is 113 Å². The number of aromatic nitrogens is 2. The topological polar surface area (TPSA) is 130 Å². The Kier molecular flexibility index (Phi) is 3.56. The van der Waals surface area contributed by atoms with E-state index in [4.69, 9.17) is 15.6 Å². The summed E-state index contributed by atoms with van der Waals surface area (Å²) in [5, 5.41) is 12.0. The first-order chi connectivity index (χ1) is 9.60. The molecule has 0 unspecified atom stereocenters. The van der Waals surface area contributed by atoms with Gasteiger partial charge in [-0.3, -0.25) is 4.79 Å². The van der Waals surface area contributed by atoms with E-state index in [0.29, 0.717) is 22.5 Å². The average Bonchev–Trinajstić information content (AvgIpc) is 2.88. The normalized spacial score (nSPS) is 10.8. The summed E-state index contributed by atoms with van der Waals surface area (Å²) in [4.78, 5) is 29.4. The van der Waals surface area contributed by atoms with Crippen molar-refractivity contribution in [2.45, 2.75) is 0 Å². The number of carbonyl (C=O) groups is 2. The number of carboxylic acids is 1. The van der Waals surface area contributed by atoms with Gasteiger partial charge in [0, 0.05) is 18.6 Å².